The van der Waals surface area contributed by atoms with Crippen molar-refractivity contribution in [2.24, 2.45) is 0 Å². The van der Waals surface area contributed by atoms with Crippen molar-refractivity contribution in [2.45, 2.75) is 58.0 Å². The van der Waals surface area contributed by atoms with Gasteiger partial charge in [-0.2, -0.15) is 0 Å². The van der Waals surface area contributed by atoms with Crippen LogP contribution in [-0.2, 0) is 5.41 Å². The molecular weight excluding hydrogens is 372 g/mol. The Kier molecular flexibility index (Phi) is 6.22. The molecule has 0 saturated carbocycles. The summed E-state index contributed by atoms with van der Waals surface area (Å²) in [6.07, 6.45) is 4.84. The van der Waals surface area contributed by atoms with Gasteiger partial charge >= 0.3 is 0 Å². The second-order valence-corrected chi connectivity index (χ2v) is 8.65. The quantitative estimate of drug-likeness (QED) is 0.664. The molecule has 0 radical (unpaired) electrons. The maximum Gasteiger partial charge on any atom is 0.131 e. The number of aromatic nitrogens is 1. The lowest BCUT2D eigenvalue weighted by Crippen LogP contribution is -2.22. The van der Waals surface area contributed by atoms with Crippen LogP contribution in [0.3, 0.4) is 0 Å². The summed E-state index contributed by atoms with van der Waals surface area (Å²) in [5, 5.41) is 15.5. The Balaban J connectivity index is 1.81. The first-order valence-corrected chi connectivity index (χ1v) is 9.97. The lowest BCUT2D eigenvalue weighted by Gasteiger charge is -2.20. The van der Waals surface area contributed by atoms with Crippen molar-refractivity contribution in [3.8, 4) is 11.1 Å². The van der Waals surface area contributed by atoms with Crippen molar-refractivity contribution in [2.75, 3.05) is 6.61 Å². The van der Waals surface area contributed by atoms with Crippen molar-refractivity contribution in [1.82, 2.24) is 15.6 Å². The van der Waals surface area contributed by atoms with Gasteiger partial charge in [-0.3, -0.25) is 4.98 Å². The highest BCUT2D eigenvalue weighted by Crippen LogP contribution is 2.31. The van der Waals surface area contributed by atoms with Crippen molar-refractivity contribution < 1.29 is 13.9 Å². The van der Waals surface area contributed by atoms with Gasteiger partial charge in [-0.05, 0) is 43.2 Å². The van der Waals surface area contributed by atoms with E-state index in [9.17, 15) is 8.78 Å². The number of rotatable bonds is 6. The van der Waals surface area contributed by atoms with Gasteiger partial charge in [0.2, 0.25) is 0 Å². The molecule has 2 heterocycles. The third-order valence-corrected chi connectivity index (χ3v) is 5.23. The molecule has 1 aliphatic heterocycles. The molecular formula is C23H29F2N3O. The Morgan fingerprint density at radius 2 is 2.00 bits per heavy atom. The van der Waals surface area contributed by atoms with Crippen LogP contribution in [-0.4, -0.2) is 22.7 Å². The number of hydrogen-bond donors (Lipinski definition) is 3. The van der Waals surface area contributed by atoms with Crippen molar-refractivity contribution in [3.63, 3.8) is 0 Å². The highest BCUT2D eigenvalue weighted by Gasteiger charge is 2.22. The van der Waals surface area contributed by atoms with Crippen LogP contribution in [0, 0.1) is 11.6 Å². The first-order chi connectivity index (χ1) is 13.7. The molecule has 2 atom stereocenters. The summed E-state index contributed by atoms with van der Waals surface area (Å²) in [5.41, 5.74) is 2.69. The van der Waals surface area contributed by atoms with E-state index in [1.165, 1.54) is 12.1 Å². The van der Waals surface area contributed by atoms with Crippen LogP contribution in [0.4, 0.5) is 8.78 Å². The summed E-state index contributed by atoms with van der Waals surface area (Å²) < 4.78 is 29.8. The lowest BCUT2D eigenvalue weighted by molar-refractivity contribution is 0.271. The third-order valence-electron chi connectivity index (χ3n) is 5.23. The number of halogens is 2. The third kappa shape index (κ3) is 4.93. The summed E-state index contributed by atoms with van der Waals surface area (Å²) >= 11 is 0. The normalized spacial score (nSPS) is 17.6. The minimum Gasteiger partial charge on any atom is -0.396 e. The molecule has 0 spiro atoms. The molecule has 0 saturated heterocycles. The lowest BCUT2D eigenvalue weighted by atomic mass is 9.89. The minimum atomic E-state index is -0.460. The fraction of sp³-hybridized carbons (Fsp3) is 0.435. The summed E-state index contributed by atoms with van der Waals surface area (Å²) in [6, 6.07) is 5.83. The number of nitrogens with zero attached hydrogens (tertiary/aromatic N) is 1. The standard InChI is InChI=1S/C23H29F2N3O/c1-14(28-17-10-16(6-8-29)27-13-17)18-11-21(25)19(12-20(18)24)15-5-7-26-22(9-15)23(2,3)4/h5,7,9,11-14,16,27-29H,6,8,10H2,1-4H3/t14?,16-/m1/s1. The molecule has 29 heavy (non-hydrogen) atoms. The van der Waals surface area contributed by atoms with Crippen molar-refractivity contribution in [3.05, 3.63) is 65.3 Å². The van der Waals surface area contributed by atoms with Gasteiger partial charge < -0.3 is 15.7 Å². The summed E-state index contributed by atoms with van der Waals surface area (Å²) in [4.78, 5) is 4.36. The second-order valence-electron chi connectivity index (χ2n) is 8.65. The Hall–Kier alpha value is -2.47. The fourth-order valence-electron chi connectivity index (χ4n) is 3.52. The number of aliphatic hydroxyl groups excluding tert-OH is 1. The van der Waals surface area contributed by atoms with E-state index in [2.05, 4.69) is 15.6 Å². The fourth-order valence-corrected chi connectivity index (χ4v) is 3.52. The van der Waals surface area contributed by atoms with Gasteiger partial charge in [-0.1, -0.05) is 20.8 Å². The summed E-state index contributed by atoms with van der Waals surface area (Å²) in [5.74, 6) is -0.910. The van der Waals surface area contributed by atoms with Crippen molar-refractivity contribution in [1.29, 1.82) is 0 Å². The molecule has 0 bridgehead atoms. The van der Waals surface area contributed by atoms with Gasteiger partial charge in [0.05, 0.1) is 6.04 Å². The topological polar surface area (TPSA) is 57.2 Å². The first-order valence-electron chi connectivity index (χ1n) is 9.97. The monoisotopic (exact) mass is 401 g/mol. The first kappa shape index (κ1) is 21.2. The molecule has 1 unspecified atom stereocenters. The predicted molar refractivity (Wildman–Crippen MR) is 111 cm³/mol. The molecule has 3 N–H and O–H groups in total. The van der Waals surface area contributed by atoms with Crippen LogP contribution < -0.4 is 10.6 Å². The van der Waals surface area contributed by atoms with Crippen LogP contribution in [0.25, 0.3) is 11.1 Å². The maximum atomic E-state index is 14.9. The van der Waals surface area contributed by atoms with E-state index in [4.69, 9.17) is 5.11 Å². The molecule has 6 heteroatoms. The Morgan fingerprint density at radius 1 is 1.24 bits per heavy atom. The second kappa shape index (κ2) is 8.49. The summed E-state index contributed by atoms with van der Waals surface area (Å²) in [6.45, 7) is 8.02. The smallest absolute Gasteiger partial charge is 0.131 e. The maximum absolute atomic E-state index is 14.9. The van der Waals surface area contributed by atoms with E-state index < -0.39 is 11.6 Å². The van der Waals surface area contributed by atoms with Gasteiger partial charge in [0.15, 0.2) is 0 Å². The summed E-state index contributed by atoms with van der Waals surface area (Å²) in [7, 11) is 0. The van der Waals surface area contributed by atoms with Gasteiger partial charge in [-0.15, -0.1) is 0 Å². The molecule has 0 aliphatic carbocycles. The SMILES string of the molecule is CC(NC1=CN[C@H](CCO)C1)c1cc(F)c(-c2ccnc(C(C)(C)C)c2)cc1F. The van der Waals surface area contributed by atoms with E-state index in [-0.39, 0.29) is 35.2 Å². The molecule has 156 valence electrons. The average molecular weight is 402 g/mol. The largest absolute Gasteiger partial charge is 0.396 e. The van der Waals surface area contributed by atoms with E-state index >= 15 is 0 Å². The molecule has 1 aromatic carbocycles. The van der Waals surface area contributed by atoms with Gasteiger partial charge in [0, 0.05) is 59.4 Å². The number of pyridine rings is 1. The molecule has 0 amide bonds. The van der Waals surface area contributed by atoms with Crippen LogP contribution in [0.5, 0.6) is 0 Å². The molecule has 1 aliphatic rings. The Bertz CT molecular complexity index is 905. The van der Waals surface area contributed by atoms with E-state index in [0.29, 0.717) is 12.0 Å². The minimum absolute atomic E-state index is 0.113. The molecule has 4 nitrogen and oxygen atoms in total. The molecule has 1 aromatic heterocycles. The van der Waals surface area contributed by atoms with E-state index in [1.54, 1.807) is 12.3 Å². The zero-order valence-electron chi connectivity index (χ0n) is 17.4. The predicted octanol–water partition coefficient (Wildman–Crippen LogP) is 4.56. The molecule has 3 rings (SSSR count). The van der Waals surface area contributed by atoms with Gasteiger partial charge in [-0.25, -0.2) is 8.78 Å². The van der Waals surface area contributed by atoms with Crippen LogP contribution in [0.15, 0.2) is 42.4 Å². The number of hydrogen-bond acceptors (Lipinski definition) is 4. The van der Waals surface area contributed by atoms with Crippen LogP contribution in [0.1, 0.15) is 57.8 Å². The Morgan fingerprint density at radius 3 is 2.69 bits per heavy atom. The number of aliphatic hydroxyl groups is 1. The zero-order chi connectivity index (χ0) is 21.2. The highest BCUT2D eigenvalue weighted by molar-refractivity contribution is 5.65. The van der Waals surface area contributed by atoms with Gasteiger partial charge in [0.25, 0.3) is 0 Å². The van der Waals surface area contributed by atoms with Crippen LogP contribution >= 0.6 is 0 Å². The van der Waals surface area contributed by atoms with E-state index in [0.717, 1.165) is 17.8 Å². The zero-order valence-corrected chi connectivity index (χ0v) is 17.4. The Labute approximate surface area is 171 Å². The highest BCUT2D eigenvalue weighted by atomic mass is 19.1. The molecule has 2 aromatic rings. The van der Waals surface area contributed by atoms with Gasteiger partial charge in [0.1, 0.15) is 11.6 Å². The van der Waals surface area contributed by atoms with Crippen molar-refractivity contribution >= 4 is 0 Å². The molecule has 0 fully saturated rings. The van der Waals surface area contributed by atoms with Crippen LogP contribution in [0.2, 0.25) is 0 Å². The average Bonchev–Trinajstić information content (AvgIpc) is 3.10. The number of nitrogens with one attached hydrogen (secondary N) is 2. The number of benzene rings is 1. The van der Waals surface area contributed by atoms with E-state index in [1.807, 2.05) is 40.0 Å².